The van der Waals surface area contributed by atoms with Gasteiger partial charge in [0, 0.05) is 5.39 Å². The second-order valence-corrected chi connectivity index (χ2v) is 7.38. The minimum Gasteiger partial charge on any atom is -0.272 e. The molecule has 3 aromatic rings. The van der Waals surface area contributed by atoms with E-state index in [-0.39, 0.29) is 10.6 Å². The van der Waals surface area contributed by atoms with E-state index in [0.717, 1.165) is 16.5 Å². The number of hydrazine groups is 1. The van der Waals surface area contributed by atoms with E-state index in [1.54, 1.807) is 30.3 Å². The van der Waals surface area contributed by atoms with Gasteiger partial charge in [0.2, 0.25) is 0 Å². The van der Waals surface area contributed by atoms with Gasteiger partial charge < -0.3 is 0 Å². The average Bonchev–Trinajstić information content (AvgIpc) is 2.61. The zero-order valence-corrected chi connectivity index (χ0v) is 14.6. The number of amides is 1. The van der Waals surface area contributed by atoms with Gasteiger partial charge in [-0.3, -0.25) is 10.2 Å². The molecule has 1 amide bonds. The van der Waals surface area contributed by atoms with Crippen LogP contribution in [0, 0.1) is 13.8 Å². The maximum absolute atomic E-state index is 12.3. The summed E-state index contributed by atoms with van der Waals surface area (Å²) in [5, 5.41) is 0.898. The quantitative estimate of drug-likeness (QED) is 0.704. The molecule has 0 atom stereocenters. The monoisotopic (exact) mass is 355 g/mol. The van der Waals surface area contributed by atoms with Crippen LogP contribution in [0.3, 0.4) is 0 Å². The summed E-state index contributed by atoms with van der Waals surface area (Å²) < 4.78 is 24.6. The fourth-order valence-corrected chi connectivity index (χ4v) is 3.23. The summed E-state index contributed by atoms with van der Waals surface area (Å²) in [5.74, 6) is -0.627. The predicted octanol–water partition coefficient (Wildman–Crippen LogP) is 2.47. The number of nitrogens with one attached hydrogen (secondary N) is 2. The van der Waals surface area contributed by atoms with Gasteiger partial charge in [-0.25, -0.2) is 13.4 Å². The Morgan fingerprint density at radius 3 is 2.48 bits per heavy atom. The highest BCUT2D eigenvalue weighted by Crippen LogP contribution is 2.14. The molecule has 3 rings (SSSR count). The number of sulfonamides is 1. The molecule has 1 heterocycles. The minimum atomic E-state index is -3.85. The topological polar surface area (TPSA) is 88.2 Å². The van der Waals surface area contributed by atoms with Gasteiger partial charge in [0.1, 0.15) is 5.69 Å². The summed E-state index contributed by atoms with van der Waals surface area (Å²) in [5.41, 5.74) is 4.82. The lowest BCUT2D eigenvalue weighted by Gasteiger charge is -2.10. The van der Waals surface area contributed by atoms with Gasteiger partial charge >= 0.3 is 0 Å². The van der Waals surface area contributed by atoms with E-state index in [0.29, 0.717) is 5.52 Å². The third kappa shape index (κ3) is 3.67. The second kappa shape index (κ2) is 6.62. The van der Waals surface area contributed by atoms with E-state index in [9.17, 15) is 13.2 Å². The zero-order valence-electron chi connectivity index (χ0n) is 13.8. The van der Waals surface area contributed by atoms with Crippen LogP contribution in [0.25, 0.3) is 10.9 Å². The van der Waals surface area contributed by atoms with Gasteiger partial charge in [0.15, 0.2) is 0 Å². The first kappa shape index (κ1) is 17.1. The van der Waals surface area contributed by atoms with Crippen molar-refractivity contribution in [2.75, 3.05) is 0 Å². The zero-order chi connectivity index (χ0) is 18.0. The Hall–Kier alpha value is -2.77. The number of aryl methyl sites for hydroxylation is 2. The summed E-state index contributed by atoms with van der Waals surface area (Å²) >= 11 is 0. The summed E-state index contributed by atoms with van der Waals surface area (Å²) in [6.07, 6.45) is 0. The van der Waals surface area contributed by atoms with Crippen molar-refractivity contribution in [2.45, 2.75) is 18.7 Å². The first-order valence-corrected chi connectivity index (χ1v) is 9.10. The third-order valence-electron chi connectivity index (χ3n) is 3.92. The van der Waals surface area contributed by atoms with Gasteiger partial charge in [-0.1, -0.05) is 30.3 Å². The van der Waals surface area contributed by atoms with E-state index < -0.39 is 15.9 Å². The molecule has 0 aliphatic heterocycles. The van der Waals surface area contributed by atoms with Gasteiger partial charge in [0.25, 0.3) is 15.9 Å². The highest BCUT2D eigenvalue weighted by molar-refractivity contribution is 7.89. The molecule has 0 aliphatic rings. The van der Waals surface area contributed by atoms with Crippen LogP contribution in [0.15, 0.2) is 59.5 Å². The number of pyridine rings is 1. The van der Waals surface area contributed by atoms with Crippen LogP contribution < -0.4 is 10.3 Å². The molecule has 0 aliphatic carbocycles. The van der Waals surface area contributed by atoms with E-state index in [1.165, 1.54) is 6.07 Å². The van der Waals surface area contributed by atoms with E-state index in [2.05, 4.69) is 15.2 Å². The molecule has 25 heavy (non-hydrogen) atoms. The number of hydrogen-bond donors (Lipinski definition) is 2. The number of aromatic nitrogens is 1. The maximum Gasteiger partial charge on any atom is 0.284 e. The fourth-order valence-electron chi connectivity index (χ4n) is 2.31. The molecular formula is C18H17N3O3S. The van der Waals surface area contributed by atoms with Crippen LogP contribution in [0.1, 0.15) is 21.6 Å². The number of hydrogen-bond acceptors (Lipinski definition) is 4. The number of benzene rings is 2. The standard InChI is InChI=1S/C18H17N3O3S/c1-12-7-9-15(11-13(12)2)25(23,24)21-20-18(22)17-10-8-14-5-3-4-6-16(14)19-17/h3-11,21H,1-2H3,(H,20,22). The lowest BCUT2D eigenvalue weighted by molar-refractivity contribution is 0.0940. The van der Waals surface area contributed by atoms with E-state index >= 15 is 0 Å². The molecular weight excluding hydrogens is 338 g/mol. The predicted molar refractivity (Wildman–Crippen MR) is 95.4 cm³/mol. The Morgan fingerprint density at radius 1 is 0.960 bits per heavy atom. The van der Waals surface area contributed by atoms with Crippen molar-refractivity contribution in [3.63, 3.8) is 0 Å². The van der Waals surface area contributed by atoms with Crippen LogP contribution >= 0.6 is 0 Å². The minimum absolute atomic E-state index is 0.0855. The largest absolute Gasteiger partial charge is 0.284 e. The lowest BCUT2D eigenvalue weighted by Crippen LogP contribution is -2.41. The van der Waals surface area contributed by atoms with E-state index in [1.807, 2.05) is 32.0 Å². The Kier molecular flexibility index (Phi) is 4.52. The first-order valence-electron chi connectivity index (χ1n) is 7.62. The second-order valence-electron chi connectivity index (χ2n) is 5.69. The van der Waals surface area contributed by atoms with Crippen molar-refractivity contribution in [2.24, 2.45) is 0 Å². The maximum atomic E-state index is 12.3. The van der Waals surface area contributed by atoms with Crippen LogP contribution in [0.4, 0.5) is 0 Å². The van der Waals surface area contributed by atoms with Crippen molar-refractivity contribution >= 4 is 26.8 Å². The number of carbonyl (C=O) groups excluding carboxylic acids is 1. The molecule has 0 saturated heterocycles. The number of nitrogens with zero attached hydrogens (tertiary/aromatic N) is 1. The van der Waals surface area contributed by atoms with Gasteiger partial charge in [-0.15, -0.1) is 4.83 Å². The van der Waals surface area contributed by atoms with Crippen LogP contribution in [-0.4, -0.2) is 19.3 Å². The Labute approximate surface area is 145 Å². The summed E-state index contributed by atoms with van der Waals surface area (Å²) in [6, 6.07) is 15.4. The Morgan fingerprint density at radius 2 is 1.72 bits per heavy atom. The molecule has 128 valence electrons. The molecule has 6 nitrogen and oxygen atoms in total. The van der Waals surface area contributed by atoms with Gasteiger partial charge in [-0.05, 0) is 49.2 Å². The molecule has 2 N–H and O–H groups in total. The van der Waals surface area contributed by atoms with Gasteiger partial charge in [0.05, 0.1) is 10.4 Å². The first-order chi connectivity index (χ1) is 11.9. The normalized spacial score (nSPS) is 11.4. The van der Waals surface area contributed by atoms with Gasteiger partial charge in [-0.2, -0.15) is 0 Å². The van der Waals surface area contributed by atoms with Crippen LogP contribution in [0.5, 0.6) is 0 Å². The number of fused-ring (bicyclic) bond motifs is 1. The molecule has 0 bridgehead atoms. The lowest BCUT2D eigenvalue weighted by atomic mass is 10.1. The molecule has 0 spiro atoms. The molecule has 2 aromatic carbocycles. The SMILES string of the molecule is Cc1ccc(S(=O)(=O)NNC(=O)c2ccc3ccccc3n2)cc1C. The molecule has 0 saturated carbocycles. The third-order valence-corrected chi connectivity index (χ3v) is 5.16. The summed E-state index contributed by atoms with van der Waals surface area (Å²) in [6.45, 7) is 3.72. The fraction of sp³-hybridized carbons (Fsp3) is 0.111. The number of carbonyl (C=O) groups is 1. The molecule has 0 unspecified atom stereocenters. The Bertz CT molecular complexity index is 1060. The van der Waals surface area contributed by atoms with Crippen molar-refractivity contribution in [1.82, 2.24) is 15.2 Å². The van der Waals surface area contributed by atoms with Crippen molar-refractivity contribution in [3.8, 4) is 0 Å². The number of rotatable bonds is 4. The molecule has 1 aromatic heterocycles. The van der Waals surface area contributed by atoms with Crippen molar-refractivity contribution < 1.29 is 13.2 Å². The van der Waals surface area contributed by atoms with Crippen LogP contribution in [-0.2, 0) is 10.0 Å². The van der Waals surface area contributed by atoms with Crippen molar-refractivity contribution in [3.05, 3.63) is 71.4 Å². The molecule has 0 fully saturated rings. The number of para-hydroxylation sites is 1. The Balaban J connectivity index is 1.77. The molecule has 0 radical (unpaired) electrons. The summed E-state index contributed by atoms with van der Waals surface area (Å²) in [7, 11) is -3.85. The van der Waals surface area contributed by atoms with E-state index in [4.69, 9.17) is 0 Å². The summed E-state index contributed by atoms with van der Waals surface area (Å²) in [4.78, 5) is 18.6. The molecule has 7 heteroatoms. The van der Waals surface area contributed by atoms with Crippen LogP contribution in [0.2, 0.25) is 0 Å². The smallest absolute Gasteiger partial charge is 0.272 e. The average molecular weight is 355 g/mol. The van der Waals surface area contributed by atoms with Crippen molar-refractivity contribution in [1.29, 1.82) is 0 Å². The highest BCUT2D eigenvalue weighted by atomic mass is 32.2. The highest BCUT2D eigenvalue weighted by Gasteiger charge is 2.17.